The number of benzene rings is 2. The van der Waals surface area contributed by atoms with Gasteiger partial charge in [0.05, 0.1) is 7.11 Å². The van der Waals surface area contributed by atoms with E-state index in [0.717, 1.165) is 5.56 Å². The van der Waals surface area contributed by atoms with Gasteiger partial charge < -0.3 is 48.3 Å². The van der Waals surface area contributed by atoms with Crippen LogP contribution in [0.15, 0.2) is 64.6 Å². The molecule has 3 amide bonds. The van der Waals surface area contributed by atoms with E-state index in [1.807, 2.05) is 6.07 Å². The summed E-state index contributed by atoms with van der Waals surface area (Å²) in [6.07, 6.45) is 0.577. The Balaban J connectivity index is 2.36. The molecule has 0 unspecified atom stereocenters. The minimum Gasteiger partial charge on any atom is -0.508 e. The monoisotopic (exact) mass is 625 g/mol. The van der Waals surface area contributed by atoms with Crippen LogP contribution in [0.2, 0.25) is 0 Å². The molecule has 0 aromatic heterocycles. The van der Waals surface area contributed by atoms with Crippen LogP contribution in [0.5, 0.6) is 5.75 Å². The first-order chi connectivity index (χ1) is 21.3. The maximum absolute atomic E-state index is 13.7. The SMILES string of the molecule is COC(=O)[C@@H](C)N(C)C(=O)[C@H](Cc1ccccc1)NC(=O)[C@@H](CCCN=C(N)N)NC(=O)[C@H](Cc1ccc(O)cc1)N=C(N)N. The fraction of sp³-hybridized carbons (Fsp3) is 0.400. The standard InChI is InChI=1S/C30H43N9O6/c1-18(28(44)45-3)39(2)27(43)24(17-19-8-5-4-6-9-19)37-25(41)22(10-7-15-35-29(31)32)36-26(42)23(38-30(33)34)16-20-11-13-21(40)14-12-20/h4-6,8-9,11-14,18,22-24,40H,7,10,15-17H2,1-3H3,(H,36,42)(H,37,41)(H4,31,32,35)(H4,33,34,38)/t18-,22-,23+,24+/m1/s1. The van der Waals surface area contributed by atoms with Gasteiger partial charge in [-0.15, -0.1) is 0 Å². The molecule has 0 radical (unpaired) electrons. The molecule has 0 saturated carbocycles. The van der Waals surface area contributed by atoms with E-state index in [4.69, 9.17) is 27.7 Å². The number of carbonyl (C=O) groups excluding carboxylic acids is 4. The number of rotatable bonds is 16. The summed E-state index contributed by atoms with van der Waals surface area (Å²) < 4.78 is 4.78. The summed E-state index contributed by atoms with van der Waals surface area (Å²) in [5.74, 6) is -2.89. The molecule has 15 heteroatoms. The number of guanidine groups is 2. The number of hydrogen-bond acceptors (Lipinski definition) is 8. The fourth-order valence-electron chi connectivity index (χ4n) is 4.36. The number of aliphatic imine (C=N–C) groups is 2. The van der Waals surface area contributed by atoms with E-state index in [2.05, 4.69) is 20.6 Å². The molecule has 45 heavy (non-hydrogen) atoms. The Hall–Kier alpha value is -5.34. The van der Waals surface area contributed by atoms with Crippen molar-refractivity contribution in [3.05, 3.63) is 65.7 Å². The number of esters is 1. The summed E-state index contributed by atoms with van der Waals surface area (Å²) in [6, 6.07) is 10.9. The fourth-order valence-corrected chi connectivity index (χ4v) is 4.36. The first kappa shape index (κ1) is 35.9. The van der Waals surface area contributed by atoms with Crippen LogP contribution in [-0.4, -0.2) is 90.5 Å². The maximum atomic E-state index is 13.7. The number of ether oxygens (including phenoxy) is 1. The first-order valence-electron chi connectivity index (χ1n) is 14.2. The van der Waals surface area contributed by atoms with E-state index in [1.165, 1.54) is 38.1 Å². The predicted molar refractivity (Wildman–Crippen MR) is 170 cm³/mol. The summed E-state index contributed by atoms with van der Waals surface area (Å²) in [5.41, 5.74) is 23.5. The Morgan fingerprint density at radius 1 is 0.867 bits per heavy atom. The van der Waals surface area contributed by atoms with Gasteiger partial charge in [-0.3, -0.25) is 19.4 Å². The number of phenolic OH excluding ortho intramolecular Hbond substituents is 1. The lowest BCUT2D eigenvalue weighted by Crippen LogP contribution is -2.57. The average Bonchev–Trinajstić information content (AvgIpc) is 3.01. The zero-order chi connectivity index (χ0) is 33.5. The number of nitrogens with one attached hydrogen (secondary N) is 2. The molecule has 0 aliphatic heterocycles. The van der Waals surface area contributed by atoms with Crippen LogP contribution in [0.1, 0.15) is 30.9 Å². The number of aromatic hydroxyl groups is 1. The third-order valence-corrected chi connectivity index (χ3v) is 6.92. The summed E-state index contributed by atoms with van der Waals surface area (Å²) in [5, 5.41) is 15.1. The van der Waals surface area contributed by atoms with Crippen molar-refractivity contribution < 1.29 is 29.0 Å². The molecule has 0 fully saturated rings. The lowest BCUT2D eigenvalue weighted by atomic mass is 10.0. The molecule has 2 aromatic carbocycles. The maximum Gasteiger partial charge on any atom is 0.328 e. The van der Waals surface area contributed by atoms with E-state index in [9.17, 15) is 24.3 Å². The molecule has 0 bridgehead atoms. The lowest BCUT2D eigenvalue weighted by Gasteiger charge is -2.29. The van der Waals surface area contributed by atoms with Crippen LogP contribution in [0.3, 0.4) is 0 Å². The number of carbonyl (C=O) groups is 4. The number of methoxy groups -OCH3 is 1. The summed E-state index contributed by atoms with van der Waals surface area (Å²) in [6.45, 7) is 1.69. The van der Waals surface area contributed by atoms with Crippen molar-refractivity contribution in [3.63, 3.8) is 0 Å². The van der Waals surface area contributed by atoms with E-state index < -0.39 is 47.9 Å². The zero-order valence-electron chi connectivity index (χ0n) is 25.7. The Morgan fingerprint density at radius 3 is 2.04 bits per heavy atom. The van der Waals surface area contributed by atoms with Gasteiger partial charge in [-0.2, -0.15) is 0 Å². The predicted octanol–water partition coefficient (Wildman–Crippen LogP) is -1.14. The number of hydrogen-bond donors (Lipinski definition) is 7. The third-order valence-electron chi connectivity index (χ3n) is 6.92. The molecule has 0 aliphatic rings. The molecule has 4 atom stereocenters. The van der Waals surface area contributed by atoms with Crippen LogP contribution in [0.4, 0.5) is 0 Å². The van der Waals surface area contributed by atoms with Crippen LogP contribution >= 0.6 is 0 Å². The number of nitrogens with two attached hydrogens (primary N) is 4. The van der Waals surface area contributed by atoms with Gasteiger partial charge in [0.1, 0.15) is 29.9 Å². The van der Waals surface area contributed by atoms with Crippen molar-refractivity contribution in [1.29, 1.82) is 0 Å². The van der Waals surface area contributed by atoms with Gasteiger partial charge in [-0.05, 0) is 43.0 Å². The second-order valence-electron chi connectivity index (χ2n) is 10.3. The van der Waals surface area contributed by atoms with Crippen molar-refractivity contribution in [2.45, 2.75) is 56.8 Å². The molecule has 11 N–H and O–H groups in total. The summed E-state index contributed by atoms with van der Waals surface area (Å²) >= 11 is 0. The highest BCUT2D eigenvalue weighted by atomic mass is 16.5. The van der Waals surface area contributed by atoms with Gasteiger partial charge in [0, 0.05) is 26.4 Å². The van der Waals surface area contributed by atoms with Crippen molar-refractivity contribution >= 4 is 35.6 Å². The number of likely N-dealkylation sites (N-methyl/N-ethyl adjacent to an activating group) is 1. The van der Waals surface area contributed by atoms with Crippen LogP contribution in [0, 0.1) is 0 Å². The number of phenols is 1. The van der Waals surface area contributed by atoms with Crippen LogP contribution < -0.4 is 33.6 Å². The van der Waals surface area contributed by atoms with E-state index in [0.29, 0.717) is 12.0 Å². The third kappa shape index (κ3) is 12.1. The number of amides is 3. The van der Waals surface area contributed by atoms with Gasteiger partial charge in [0.25, 0.3) is 0 Å². The molecular formula is C30H43N9O6. The molecule has 2 aromatic rings. The highest BCUT2D eigenvalue weighted by Gasteiger charge is 2.33. The summed E-state index contributed by atoms with van der Waals surface area (Å²) in [7, 11) is 2.65. The van der Waals surface area contributed by atoms with Crippen molar-refractivity contribution in [3.8, 4) is 5.75 Å². The number of nitrogens with zero attached hydrogens (tertiary/aromatic N) is 3. The van der Waals surface area contributed by atoms with Gasteiger partial charge in [-0.25, -0.2) is 9.79 Å². The van der Waals surface area contributed by atoms with E-state index in [1.54, 1.807) is 36.4 Å². The Bertz CT molecular complexity index is 1340. The summed E-state index contributed by atoms with van der Waals surface area (Å²) in [4.78, 5) is 62.1. The van der Waals surface area contributed by atoms with Gasteiger partial charge in [0.2, 0.25) is 17.7 Å². The quantitative estimate of drug-likeness (QED) is 0.0511. The molecule has 0 spiro atoms. The van der Waals surface area contributed by atoms with Gasteiger partial charge in [-0.1, -0.05) is 42.5 Å². The Morgan fingerprint density at radius 2 is 1.47 bits per heavy atom. The molecule has 0 heterocycles. The van der Waals surface area contributed by atoms with E-state index in [-0.39, 0.29) is 43.5 Å². The van der Waals surface area contributed by atoms with Crippen LogP contribution in [-0.2, 0) is 36.8 Å². The molecular weight excluding hydrogens is 582 g/mol. The smallest absolute Gasteiger partial charge is 0.328 e. The van der Waals surface area contributed by atoms with Crippen LogP contribution in [0.25, 0.3) is 0 Å². The highest BCUT2D eigenvalue weighted by Crippen LogP contribution is 2.14. The minimum absolute atomic E-state index is 0.0466. The Kier molecular flexibility index (Phi) is 14.1. The lowest BCUT2D eigenvalue weighted by molar-refractivity contribution is -0.152. The second kappa shape index (κ2) is 17.7. The minimum atomic E-state index is -1.14. The highest BCUT2D eigenvalue weighted by molar-refractivity contribution is 5.95. The van der Waals surface area contributed by atoms with E-state index >= 15 is 0 Å². The van der Waals surface area contributed by atoms with Gasteiger partial charge >= 0.3 is 5.97 Å². The largest absolute Gasteiger partial charge is 0.508 e. The van der Waals surface area contributed by atoms with Crippen molar-refractivity contribution in [1.82, 2.24) is 15.5 Å². The molecule has 244 valence electrons. The molecule has 2 rings (SSSR count). The molecule has 0 aliphatic carbocycles. The normalized spacial score (nSPS) is 13.2. The average molecular weight is 626 g/mol. The van der Waals surface area contributed by atoms with Gasteiger partial charge in [0.15, 0.2) is 11.9 Å². The topological polar surface area (TPSA) is 254 Å². The molecule has 0 saturated heterocycles. The zero-order valence-corrected chi connectivity index (χ0v) is 25.7. The molecule has 15 nitrogen and oxygen atoms in total. The van der Waals surface area contributed by atoms with Crippen molar-refractivity contribution in [2.75, 3.05) is 20.7 Å². The Labute approximate surface area is 262 Å². The first-order valence-corrected chi connectivity index (χ1v) is 14.2. The second-order valence-corrected chi connectivity index (χ2v) is 10.3. The van der Waals surface area contributed by atoms with Crippen molar-refractivity contribution in [2.24, 2.45) is 32.9 Å².